The molecule has 0 unspecified atom stereocenters. The summed E-state index contributed by atoms with van der Waals surface area (Å²) in [6.07, 6.45) is 0. The van der Waals surface area contributed by atoms with Gasteiger partial charge >= 0.3 is 5.97 Å². The summed E-state index contributed by atoms with van der Waals surface area (Å²) in [4.78, 5) is 12.7. The van der Waals surface area contributed by atoms with Crippen molar-refractivity contribution in [1.29, 1.82) is 0 Å². The zero-order valence-electron chi connectivity index (χ0n) is 11.4. The highest BCUT2D eigenvalue weighted by Crippen LogP contribution is 2.37. The van der Waals surface area contributed by atoms with Gasteiger partial charge in [-0.05, 0) is 42.5 Å². The van der Waals surface area contributed by atoms with E-state index in [4.69, 9.17) is 21.1 Å². The van der Waals surface area contributed by atoms with Crippen LogP contribution in [0.2, 0.25) is 5.02 Å². The van der Waals surface area contributed by atoms with Gasteiger partial charge in [0.2, 0.25) is 0 Å². The highest BCUT2D eigenvalue weighted by molar-refractivity contribution is 9.10. The molecule has 0 aliphatic heterocycles. The van der Waals surface area contributed by atoms with Crippen LogP contribution in [-0.2, 0) is 0 Å². The van der Waals surface area contributed by atoms with Crippen molar-refractivity contribution in [2.75, 3.05) is 7.11 Å². The largest absolute Gasteiger partial charge is 0.497 e. The Morgan fingerprint density at radius 3 is 2.50 bits per heavy atom. The van der Waals surface area contributed by atoms with Crippen molar-refractivity contribution < 1.29 is 14.3 Å². The number of rotatable bonds is 3. The number of carbonyl (C=O) groups is 1. The van der Waals surface area contributed by atoms with Crippen LogP contribution in [0.15, 0.2) is 46.9 Å². The summed E-state index contributed by atoms with van der Waals surface area (Å²) in [6.45, 7) is 0. The van der Waals surface area contributed by atoms with E-state index in [1.807, 2.05) is 18.2 Å². The predicted octanol–water partition coefficient (Wildman–Crippen LogP) is 5.55. The molecule has 0 amide bonds. The van der Waals surface area contributed by atoms with Crippen LogP contribution in [-0.4, -0.2) is 13.1 Å². The molecule has 0 spiro atoms. The second kappa shape index (κ2) is 6.28. The van der Waals surface area contributed by atoms with Crippen molar-refractivity contribution in [3.63, 3.8) is 0 Å². The minimum atomic E-state index is -0.465. The number of methoxy groups -OCH3 is 1. The van der Waals surface area contributed by atoms with Gasteiger partial charge in [0.15, 0.2) is 0 Å². The monoisotopic (exact) mass is 396 g/mol. The van der Waals surface area contributed by atoms with Gasteiger partial charge in [-0.1, -0.05) is 27.5 Å². The minimum Gasteiger partial charge on any atom is -0.497 e. The lowest BCUT2D eigenvalue weighted by Gasteiger charge is -2.03. The first-order chi connectivity index (χ1) is 10.6. The van der Waals surface area contributed by atoms with Gasteiger partial charge < -0.3 is 9.47 Å². The van der Waals surface area contributed by atoms with E-state index in [-0.39, 0.29) is 0 Å². The lowest BCUT2D eigenvalue weighted by Crippen LogP contribution is -2.06. The van der Waals surface area contributed by atoms with Crippen LogP contribution >= 0.6 is 38.9 Å². The number of hydrogen-bond donors (Lipinski definition) is 0. The van der Waals surface area contributed by atoms with E-state index in [1.54, 1.807) is 31.4 Å². The maximum absolute atomic E-state index is 12.3. The first-order valence-electron chi connectivity index (χ1n) is 6.32. The second-order valence-corrected chi connectivity index (χ2v) is 6.80. The standard InChI is InChI=1S/C16H10BrClO3S/c1-20-11-6-7-13-12(8-11)14(18)15(22-13)16(19)21-10-4-2-9(17)3-5-10/h2-8H,1H3. The first kappa shape index (κ1) is 15.3. The summed E-state index contributed by atoms with van der Waals surface area (Å²) in [6, 6.07) is 12.6. The van der Waals surface area contributed by atoms with E-state index in [1.165, 1.54) is 11.3 Å². The maximum atomic E-state index is 12.3. The van der Waals surface area contributed by atoms with Crippen LogP contribution < -0.4 is 9.47 Å². The summed E-state index contributed by atoms with van der Waals surface area (Å²) in [7, 11) is 1.59. The molecule has 3 nitrogen and oxygen atoms in total. The van der Waals surface area contributed by atoms with Crippen LogP contribution in [0.25, 0.3) is 10.1 Å². The fourth-order valence-electron chi connectivity index (χ4n) is 1.96. The third-order valence-corrected chi connectivity index (χ3v) is 5.23. The van der Waals surface area contributed by atoms with Crippen molar-refractivity contribution in [3.8, 4) is 11.5 Å². The molecule has 3 rings (SSSR count). The van der Waals surface area contributed by atoms with Gasteiger partial charge in [-0.3, -0.25) is 0 Å². The van der Waals surface area contributed by atoms with Crippen molar-refractivity contribution in [2.24, 2.45) is 0 Å². The van der Waals surface area contributed by atoms with Crippen LogP contribution in [0.1, 0.15) is 9.67 Å². The third-order valence-electron chi connectivity index (χ3n) is 3.04. The average Bonchev–Trinajstić information content (AvgIpc) is 2.86. The lowest BCUT2D eigenvalue weighted by atomic mass is 10.2. The van der Waals surface area contributed by atoms with Gasteiger partial charge in [-0.15, -0.1) is 11.3 Å². The predicted molar refractivity (Wildman–Crippen MR) is 92.5 cm³/mol. The van der Waals surface area contributed by atoms with Gasteiger partial charge in [0.1, 0.15) is 16.4 Å². The fraction of sp³-hybridized carbons (Fsp3) is 0.0625. The Balaban J connectivity index is 1.93. The number of fused-ring (bicyclic) bond motifs is 1. The molecule has 0 bridgehead atoms. The van der Waals surface area contributed by atoms with Gasteiger partial charge in [0, 0.05) is 14.6 Å². The molecule has 0 radical (unpaired) electrons. The Morgan fingerprint density at radius 2 is 1.82 bits per heavy atom. The molecule has 112 valence electrons. The molecule has 3 aromatic rings. The summed E-state index contributed by atoms with van der Waals surface area (Å²) >= 11 is 11.0. The third kappa shape index (κ3) is 2.97. The highest BCUT2D eigenvalue weighted by Gasteiger charge is 2.19. The Morgan fingerprint density at radius 1 is 1.14 bits per heavy atom. The molecule has 0 aliphatic carbocycles. The summed E-state index contributed by atoms with van der Waals surface area (Å²) in [5, 5.41) is 1.18. The molecule has 1 aromatic heterocycles. The number of carbonyl (C=O) groups excluding carboxylic acids is 1. The molecular weight excluding hydrogens is 388 g/mol. The van der Waals surface area contributed by atoms with Crippen LogP contribution in [0.4, 0.5) is 0 Å². The second-order valence-electron chi connectivity index (χ2n) is 4.45. The zero-order chi connectivity index (χ0) is 15.7. The van der Waals surface area contributed by atoms with E-state index in [0.29, 0.717) is 21.4 Å². The number of benzene rings is 2. The molecular formula is C16H10BrClO3S. The molecule has 0 fully saturated rings. The van der Waals surface area contributed by atoms with E-state index >= 15 is 0 Å². The van der Waals surface area contributed by atoms with E-state index in [2.05, 4.69) is 15.9 Å². The Kier molecular flexibility index (Phi) is 4.38. The Bertz CT molecular complexity index is 842. The normalized spacial score (nSPS) is 10.7. The average molecular weight is 398 g/mol. The molecule has 2 aromatic carbocycles. The van der Waals surface area contributed by atoms with Crippen LogP contribution in [0, 0.1) is 0 Å². The van der Waals surface area contributed by atoms with Gasteiger partial charge in [0.25, 0.3) is 0 Å². The summed E-state index contributed by atoms with van der Waals surface area (Å²) in [5.74, 6) is 0.701. The van der Waals surface area contributed by atoms with Gasteiger partial charge in [0.05, 0.1) is 12.1 Å². The number of esters is 1. The fourth-order valence-corrected chi connectivity index (χ4v) is 3.58. The van der Waals surface area contributed by atoms with Gasteiger partial charge in [-0.2, -0.15) is 0 Å². The molecule has 0 aliphatic rings. The SMILES string of the molecule is COc1ccc2sc(C(=O)Oc3ccc(Br)cc3)c(Cl)c2c1. The summed E-state index contributed by atoms with van der Waals surface area (Å²) in [5.41, 5.74) is 0. The lowest BCUT2D eigenvalue weighted by molar-refractivity contribution is 0.0740. The number of ether oxygens (including phenoxy) is 2. The maximum Gasteiger partial charge on any atom is 0.355 e. The molecule has 1 heterocycles. The molecule has 6 heteroatoms. The van der Waals surface area contributed by atoms with E-state index in [9.17, 15) is 4.79 Å². The molecule has 0 saturated heterocycles. The van der Waals surface area contributed by atoms with E-state index in [0.717, 1.165) is 14.6 Å². The Labute approximate surface area is 144 Å². The van der Waals surface area contributed by atoms with Crippen molar-refractivity contribution in [3.05, 3.63) is 56.8 Å². The van der Waals surface area contributed by atoms with Crippen LogP contribution in [0.5, 0.6) is 11.5 Å². The van der Waals surface area contributed by atoms with Crippen molar-refractivity contribution >= 4 is 54.9 Å². The smallest absolute Gasteiger partial charge is 0.355 e. The molecule has 0 atom stereocenters. The van der Waals surface area contributed by atoms with E-state index < -0.39 is 5.97 Å². The number of thiophene rings is 1. The summed E-state index contributed by atoms with van der Waals surface area (Å²) < 4.78 is 12.4. The number of halogens is 2. The topological polar surface area (TPSA) is 35.5 Å². The Hall–Kier alpha value is -1.56. The first-order valence-corrected chi connectivity index (χ1v) is 8.31. The van der Waals surface area contributed by atoms with Crippen molar-refractivity contribution in [2.45, 2.75) is 0 Å². The molecule has 22 heavy (non-hydrogen) atoms. The zero-order valence-corrected chi connectivity index (χ0v) is 14.6. The molecule has 0 saturated carbocycles. The highest BCUT2D eigenvalue weighted by atomic mass is 79.9. The molecule has 0 N–H and O–H groups in total. The number of hydrogen-bond acceptors (Lipinski definition) is 4. The quantitative estimate of drug-likeness (QED) is 0.430. The minimum absolute atomic E-state index is 0.382. The van der Waals surface area contributed by atoms with Crippen molar-refractivity contribution in [1.82, 2.24) is 0 Å². The van der Waals surface area contributed by atoms with Gasteiger partial charge in [-0.25, -0.2) is 4.79 Å². The van der Waals surface area contributed by atoms with Crippen LogP contribution in [0.3, 0.4) is 0 Å².